The van der Waals surface area contributed by atoms with Crippen molar-refractivity contribution in [3.63, 3.8) is 0 Å². The molecule has 0 saturated heterocycles. The Morgan fingerprint density at radius 3 is 2.75 bits per heavy atom. The van der Waals surface area contributed by atoms with E-state index in [9.17, 15) is 4.79 Å². The van der Waals surface area contributed by atoms with E-state index in [4.69, 9.17) is 8.83 Å². The second-order valence-corrected chi connectivity index (χ2v) is 9.33. The number of hydrogen-bond acceptors (Lipinski definition) is 7. The standard InChI is InChI=1S/C19H16BrN3O3S2/c1-11-21-22-19(28-11)27-10-14-13-5-3-4-6-15(13)26-17(14)18(24)23(2)9-12-7-8-16(20)25-12/h3-8H,9-10H2,1-2H3. The van der Waals surface area contributed by atoms with Gasteiger partial charge >= 0.3 is 0 Å². The van der Waals surface area contributed by atoms with Crippen LogP contribution < -0.4 is 0 Å². The first-order valence-corrected chi connectivity index (χ1v) is 11.0. The van der Waals surface area contributed by atoms with Gasteiger partial charge in [-0.2, -0.15) is 0 Å². The minimum Gasteiger partial charge on any atom is -0.452 e. The third-order valence-electron chi connectivity index (χ3n) is 4.11. The van der Waals surface area contributed by atoms with Gasteiger partial charge in [-0.1, -0.05) is 41.3 Å². The van der Waals surface area contributed by atoms with E-state index in [0.717, 1.165) is 20.3 Å². The Kier molecular flexibility index (Phi) is 5.56. The topological polar surface area (TPSA) is 72.4 Å². The van der Waals surface area contributed by atoms with Crippen LogP contribution in [-0.2, 0) is 12.3 Å². The Morgan fingerprint density at radius 1 is 1.21 bits per heavy atom. The highest BCUT2D eigenvalue weighted by molar-refractivity contribution is 9.10. The van der Waals surface area contributed by atoms with Crippen LogP contribution in [0, 0.1) is 6.92 Å². The minimum absolute atomic E-state index is 0.187. The molecule has 0 aliphatic carbocycles. The van der Waals surface area contributed by atoms with Gasteiger partial charge in [-0.05, 0) is 41.1 Å². The lowest BCUT2D eigenvalue weighted by Gasteiger charge is -2.15. The largest absolute Gasteiger partial charge is 0.452 e. The van der Waals surface area contributed by atoms with Gasteiger partial charge in [0.2, 0.25) is 0 Å². The van der Waals surface area contributed by atoms with Crippen LogP contribution in [0.1, 0.15) is 26.9 Å². The summed E-state index contributed by atoms with van der Waals surface area (Å²) in [5.41, 5.74) is 1.56. The maximum Gasteiger partial charge on any atom is 0.290 e. The summed E-state index contributed by atoms with van der Waals surface area (Å²) in [6, 6.07) is 11.3. The van der Waals surface area contributed by atoms with Crippen LogP contribution in [0.15, 0.2) is 54.2 Å². The van der Waals surface area contributed by atoms with Crippen molar-refractivity contribution >= 4 is 55.9 Å². The summed E-state index contributed by atoms with van der Waals surface area (Å²) >= 11 is 6.37. The number of carbonyl (C=O) groups excluding carboxylic acids is 1. The molecule has 1 amide bonds. The van der Waals surface area contributed by atoms with Crippen molar-refractivity contribution < 1.29 is 13.6 Å². The molecule has 4 aromatic rings. The molecule has 0 unspecified atom stereocenters. The maximum atomic E-state index is 13.1. The fourth-order valence-corrected chi connectivity index (χ4v) is 4.98. The Balaban J connectivity index is 1.62. The van der Waals surface area contributed by atoms with Crippen molar-refractivity contribution in [2.24, 2.45) is 0 Å². The number of nitrogens with zero attached hydrogens (tertiary/aromatic N) is 3. The van der Waals surface area contributed by atoms with E-state index in [-0.39, 0.29) is 5.91 Å². The summed E-state index contributed by atoms with van der Waals surface area (Å²) in [4.78, 5) is 14.7. The monoisotopic (exact) mass is 477 g/mol. The van der Waals surface area contributed by atoms with Gasteiger partial charge in [-0.3, -0.25) is 4.79 Å². The number of carbonyl (C=O) groups is 1. The summed E-state index contributed by atoms with van der Waals surface area (Å²) in [6.07, 6.45) is 0. The van der Waals surface area contributed by atoms with Gasteiger partial charge in [0.25, 0.3) is 5.91 Å². The highest BCUT2D eigenvalue weighted by Crippen LogP contribution is 2.33. The molecule has 28 heavy (non-hydrogen) atoms. The average Bonchev–Trinajstić information content (AvgIpc) is 3.38. The summed E-state index contributed by atoms with van der Waals surface area (Å²) < 4.78 is 13.0. The number of hydrogen-bond donors (Lipinski definition) is 0. The van der Waals surface area contributed by atoms with E-state index in [2.05, 4.69) is 26.1 Å². The van der Waals surface area contributed by atoms with Crippen LogP contribution in [0.3, 0.4) is 0 Å². The molecular formula is C19H16BrN3O3S2. The summed E-state index contributed by atoms with van der Waals surface area (Å²) in [5, 5.41) is 10.1. The first kappa shape index (κ1) is 19.2. The smallest absolute Gasteiger partial charge is 0.290 e. The van der Waals surface area contributed by atoms with Crippen LogP contribution in [0.5, 0.6) is 0 Å². The van der Waals surface area contributed by atoms with Gasteiger partial charge in [0.15, 0.2) is 14.8 Å². The van der Waals surface area contributed by atoms with Gasteiger partial charge in [-0.25, -0.2) is 0 Å². The first-order valence-electron chi connectivity index (χ1n) is 8.44. The van der Waals surface area contributed by atoms with Crippen LogP contribution in [0.4, 0.5) is 0 Å². The van der Waals surface area contributed by atoms with Crippen molar-refractivity contribution in [1.29, 1.82) is 0 Å². The molecule has 4 rings (SSSR count). The number of aryl methyl sites for hydroxylation is 1. The van der Waals surface area contributed by atoms with E-state index in [1.54, 1.807) is 29.8 Å². The van der Waals surface area contributed by atoms with Gasteiger partial charge < -0.3 is 13.7 Å². The molecule has 0 bridgehead atoms. The predicted molar refractivity (Wildman–Crippen MR) is 113 cm³/mol. The van der Waals surface area contributed by atoms with Crippen LogP contribution in [0.2, 0.25) is 0 Å². The zero-order chi connectivity index (χ0) is 19.7. The first-order chi connectivity index (χ1) is 13.5. The van der Waals surface area contributed by atoms with Crippen molar-refractivity contribution in [3.8, 4) is 0 Å². The maximum absolute atomic E-state index is 13.1. The van der Waals surface area contributed by atoms with E-state index >= 15 is 0 Å². The van der Waals surface area contributed by atoms with Gasteiger partial charge in [0.05, 0.1) is 6.54 Å². The van der Waals surface area contributed by atoms with Crippen molar-refractivity contribution in [2.75, 3.05) is 7.05 Å². The molecule has 0 atom stereocenters. The lowest BCUT2D eigenvalue weighted by molar-refractivity contribution is 0.0744. The number of thioether (sulfide) groups is 1. The molecule has 1 aromatic carbocycles. The predicted octanol–water partition coefficient (Wildman–Crippen LogP) is 5.51. The lowest BCUT2D eigenvalue weighted by atomic mass is 10.1. The van der Waals surface area contributed by atoms with Crippen LogP contribution in [0.25, 0.3) is 11.0 Å². The summed E-state index contributed by atoms with van der Waals surface area (Å²) in [6.45, 7) is 2.27. The average molecular weight is 478 g/mol. The molecule has 0 aliphatic heterocycles. The second-order valence-electron chi connectivity index (χ2n) is 6.15. The molecule has 0 fully saturated rings. The molecule has 144 valence electrons. The van der Waals surface area contributed by atoms with E-state index in [1.165, 1.54) is 11.3 Å². The number of benzene rings is 1. The number of para-hydroxylation sites is 1. The quantitative estimate of drug-likeness (QED) is 0.340. The van der Waals surface area contributed by atoms with E-state index < -0.39 is 0 Å². The molecule has 0 spiro atoms. The van der Waals surface area contributed by atoms with Crippen molar-refractivity contribution in [1.82, 2.24) is 15.1 Å². The number of halogens is 1. The summed E-state index contributed by atoms with van der Waals surface area (Å²) in [7, 11) is 1.73. The highest BCUT2D eigenvalue weighted by atomic mass is 79.9. The molecule has 9 heteroatoms. The molecule has 0 aliphatic rings. The third-order valence-corrected chi connectivity index (χ3v) is 6.53. The molecule has 0 radical (unpaired) electrons. The molecule has 3 heterocycles. The van der Waals surface area contributed by atoms with Gasteiger partial charge in [-0.15, -0.1) is 10.2 Å². The van der Waals surface area contributed by atoms with Gasteiger partial charge in [0, 0.05) is 23.8 Å². The molecular weight excluding hydrogens is 462 g/mol. The number of rotatable bonds is 6. The fraction of sp³-hybridized carbons (Fsp3) is 0.211. The van der Waals surface area contributed by atoms with Crippen LogP contribution >= 0.6 is 39.0 Å². The Bertz CT molecular complexity index is 1130. The van der Waals surface area contributed by atoms with Crippen molar-refractivity contribution in [2.45, 2.75) is 23.6 Å². The number of fused-ring (bicyclic) bond motifs is 1. The zero-order valence-electron chi connectivity index (χ0n) is 15.1. The van der Waals surface area contributed by atoms with E-state index in [0.29, 0.717) is 34.1 Å². The number of amides is 1. The van der Waals surface area contributed by atoms with Crippen LogP contribution in [-0.4, -0.2) is 28.1 Å². The summed E-state index contributed by atoms with van der Waals surface area (Å²) in [5.74, 6) is 1.43. The number of aromatic nitrogens is 2. The Labute approximate surface area is 178 Å². The SMILES string of the molecule is Cc1nnc(SCc2c(C(=O)N(C)Cc3ccc(Br)o3)oc3ccccc23)s1. The zero-order valence-corrected chi connectivity index (χ0v) is 18.4. The minimum atomic E-state index is -0.187. The van der Waals surface area contributed by atoms with Gasteiger partial charge in [0.1, 0.15) is 16.4 Å². The lowest BCUT2D eigenvalue weighted by Crippen LogP contribution is -2.26. The van der Waals surface area contributed by atoms with Crippen molar-refractivity contribution in [3.05, 3.63) is 63.2 Å². The number of furan rings is 2. The highest BCUT2D eigenvalue weighted by Gasteiger charge is 2.24. The fourth-order valence-electron chi connectivity index (χ4n) is 2.80. The molecule has 0 N–H and O–H groups in total. The Hall–Kier alpha value is -2.10. The normalized spacial score (nSPS) is 11.2. The second kappa shape index (κ2) is 8.10. The molecule has 3 aromatic heterocycles. The van der Waals surface area contributed by atoms with E-state index in [1.807, 2.05) is 37.3 Å². The molecule has 0 saturated carbocycles. The third kappa shape index (κ3) is 4.01. The molecule has 6 nitrogen and oxygen atoms in total. The Morgan fingerprint density at radius 2 is 2.04 bits per heavy atom.